The standard InChI is InChI=1S/C13H15ClN3O2/c1-10-6-18-13(19-10,7-17-9-15-8-16-17)11-4-2-3-5-12(11)14/h3-5,8-10H,2,6-7H2,1H3/t10?,13-/m1/s1. The van der Waals surface area contributed by atoms with Gasteiger partial charge in [-0.05, 0) is 19.8 Å². The van der Waals surface area contributed by atoms with Crippen LogP contribution >= 0.6 is 11.6 Å². The summed E-state index contributed by atoms with van der Waals surface area (Å²) in [5.74, 6) is -0.866. The summed E-state index contributed by atoms with van der Waals surface area (Å²) >= 11 is 6.30. The molecule has 0 N–H and O–H groups in total. The lowest BCUT2D eigenvalue weighted by molar-refractivity contribution is -0.145. The second kappa shape index (κ2) is 5.07. The molecule has 0 aromatic carbocycles. The van der Waals surface area contributed by atoms with E-state index in [1.54, 1.807) is 11.0 Å². The molecule has 101 valence electrons. The first kappa shape index (κ1) is 12.8. The average molecular weight is 281 g/mol. The number of hydrogen-bond acceptors (Lipinski definition) is 4. The first-order valence-electron chi connectivity index (χ1n) is 6.24. The Morgan fingerprint density at radius 2 is 2.47 bits per heavy atom. The minimum Gasteiger partial charge on any atom is -0.342 e. The molecule has 0 spiro atoms. The molecular weight excluding hydrogens is 266 g/mol. The molecule has 3 rings (SSSR count). The summed E-state index contributed by atoms with van der Waals surface area (Å²) in [6, 6.07) is 0. The zero-order chi connectivity index (χ0) is 13.3. The van der Waals surface area contributed by atoms with Crippen LogP contribution in [-0.2, 0) is 16.0 Å². The second-order valence-electron chi connectivity index (χ2n) is 4.69. The summed E-state index contributed by atoms with van der Waals surface area (Å²) in [6.07, 6.45) is 9.92. The van der Waals surface area contributed by atoms with Crippen molar-refractivity contribution in [1.82, 2.24) is 14.8 Å². The van der Waals surface area contributed by atoms with Crippen molar-refractivity contribution >= 4 is 11.6 Å². The van der Waals surface area contributed by atoms with Crippen molar-refractivity contribution in [1.29, 1.82) is 0 Å². The quantitative estimate of drug-likeness (QED) is 0.850. The smallest absolute Gasteiger partial charge is 0.216 e. The molecule has 1 radical (unpaired) electrons. The molecule has 1 fully saturated rings. The van der Waals surface area contributed by atoms with Crippen LogP contribution in [0.1, 0.15) is 13.3 Å². The Hall–Kier alpha value is -1.17. The average Bonchev–Trinajstić information content (AvgIpc) is 3.01. The van der Waals surface area contributed by atoms with Crippen LogP contribution in [0.2, 0.25) is 0 Å². The number of nitrogens with zero attached hydrogens (tertiary/aromatic N) is 3. The van der Waals surface area contributed by atoms with Gasteiger partial charge in [0.15, 0.2) is 0 Å². The Morgan fingerprint density at radius 1 is 1.58 bits per heavy atom. The van der Waals surface area contributed by atoms with Crippen LogP contribution in [0, 0.1) is 6.42 Å². The van der Waals surface area contributed by atoms with Gasteiger partial charge in [-0.15, -0.1) is 0 Å². The Labute approximate surface area is 116 Å². The van der Waals surface area contributed by atoms with E-state index in [9.17, 15) is 0 Å². The molecule has 1 aliphatic carbocycles. The molecule has 1 aliphatic heterocycles. The van der Waals surface area contributed by atoms with E-state index in [1.807, 2.05) is 25.5 Å². The second-order valence-corrected chi connectivity index (χ2v) is 5.10. The summed E-state index contributed by atoms with van der Waals surface area (Å²) in [4.78, 5) is 3.95. The van der Waals surface area contributed by atoms with Gasteiger partial charge in [0.05, 0.1) is 12.7 Å². The Bertz CT molecular complexity index is 512. The highest BCUT2D eigenvalue weighted by Gasteiger charge is 2.45. The molecule has 1 unspecified atom stereocenters. The van der Waals surface area contributed by atoms with Crippen LogP contribution in [-0.4, -0.2) is 33.3 Å². The Balaban J connectivity index is 1.93. The van der Waals surface area contributed by atoms with Crippen LogP contribution in [0.5, 0.6) is 0 Å². The van der Waals surface area contributed by atoms with Crippen LogP contribution in [0.15, 0.2) is 35.4 Å². The summed E-state index contributed by atoms with van der Waals surface area (Å²) in [6.45, 7) is 2.96. The topological polar surface area (TPSA) is 49.2 Å². The molecule has 1 aromatic heterocycles. The number of halogens is 1. The van der Waals surface area contributed by atoms with Gasteiger partial charge in [0, 0.05) is 10.6 Å². The van der Waals surface area contributed by atoms with E-state index in [1.165, 1.54) is 6.33 Å². The zero-order valence-electron chi connectivity index (χ0n) is 10.6. The lowest BCUT2D eigenvalue weighted by Gasteiger charge is -2.31. The molecule has 19 heavy (non-hydrogen) atoms. The third-order valence-electron chi connectivity index (χ3n) is 3.17. The van der Waals surface area contributed by atoms with Crippen LogP contribution in [0.25, 0.3) is 0 Å². The lowest BCUT2D eigenvalue weighted by Crippen LogP contribution is -2.39. The molecule has 0 amide bonds. The highest BCUT2D eigenvalue weighted by molar-refractivity contribution is 6.32. The predicted molar refractivity (Wildman–Crippen MR) is 70.2 cm³/mol. The van der Waals surface area contributed by atoms with Gasteiger partial charge < -0.3 is 9.47 Å². The minimum absolute atomic E-state index is 0.0276. The third kappa shape index (κ3) is 2.45. The molecule has 5 nitrogen and oxygen atoms in total. The summed E-state index contributed by atoms with van der Waals surface area (Å²) in [5.41, 5.74) is 0.872. The van der Waals surface area contributed by atoms with Gasteiger partial charge in [-0.3, -0.25) is 0 Å². The van der Waals surface area contributed by atoms with Crippen molar-refractivity contribution in [3.05, 3.63) is 41.8 Å². The van der Waals surface area contributed by atoms with Crippen molar-refractivity contribution < 1.29 is 9.47 Å². The van der Waals surface area contributed by atoms with Gasteiger partial charge in [-0.2, -0.15) is 5.10 Å². The number of hydrogen-bond donors (Lipinski definition) is 0. The fourth-order valence-corrected chi connectivity index (χ4v) is 2.67. The minimum atomic E-state index is -0.866. The number of ether oxygens (including phenoxy) is 2. The van der Waals surface area contributed by atoms with Gasteiger partial charge in [0.1, 0.15) is 19.2 Å². The molecule has 1 saturated heterocycles. The van der Waals surface area contributed by atoms with E-state index in [-0.39, 0.29) is 6.10 Å². The van der Waals surface area contributed by atoms with E-state index < -0.39 is 5.79 Å². The fraction of sp³-hybridized carbons (Fsp3) is 0.462. The van der Waals surface area contributed by atoms with Gasteiger partial charge in [-0.1, -0.05) is 23.8 Å². The first-order chi connectivity index (χ1) is 9.20. The Morgan fingerprint density at radius 3 is 3.11 bits per heavy atom. The molecule has 0 saturated carbocycles. The maximum atomic E-state index is 6.30. The van der Waals surface area contributed by atoms with Crippen molar-refractivity contribution in [3.8, 4) is 0 Å². The van der Waals surface area contributed by atoms with Gasteiger partial charge in [0.25, 0.3) is 0 Å². The van der Waals surface area contributed by atoms with Crippen molar-refractivity contribution in [2.75, 3.05) is 6.61 Å². The normalized spacial score (nSPS) is 31.2. The number of allylic oxidation sites excluding steroid dienone is 2. The van der Waals surface area contributed by atoms with Crippen molar-refractivity contribution in [2.45, 2.75) is 31.8 Å². The van der Waals surface area contributed by atoms with E-state index in [0.29, 0.717) is 18.2 Å². The maximum Gasteiger partial charge on any atom is 0.216 e. The molecule has 6 heteroatoms. The highest BCUT2D eigenvalue weighted by Crippen LogP contribution is 2.39. The van der Waals surface area contributed by atoms with Gasteiger partial charge in [-0.25, -0.2) is 9.67 Å². The van der Waals surface area contributed by atoms with Crippen LogP contribution in [0.4, 0.5) is 0 Å². The predicted octanol–water partition coefficient (Wildman–Crippen LogP) is 2.07. The van der Waals surface area contributed by atoms with Gasteiger partial charge >= 0.3 is 0 Å². The zero-order valence-corrected chi connectivity index (χ0v) is 11.4. The van der Waals surface area contributed by atoms with E-state index in [0.717, 1.165) is 12.0 Å². The maximum absolute atomic E-state index is 6.30. The lowest BCUT2D eigenvalue weighted by atomic mass is 9.98. The molecule has 2 atom stereocenters. The number of rotatable bonds is 3. The monoisotopic (exact) mass is 280 g/mol. The van der Waals surface area contributed by atoms with E-state index >= 15 is 0 Å². The van der Waals surface area contributed by atoms with Crippen molar-refractivity contribution in [2.24, 2.45) is 0 Å². The van der Waals surface area contributed by atoms with Crippen LogP contribution < -0.4 is 0 Å². The van der Waals surface area contributed by atoms with Gasteiger partial charge in [0.2, 0.25) is 5.79 Å². The van der Waals surface area contributed by atoms with E-state index in [4.69, 9.17) is 21.1 Å². The highest BCUT2D eigenvalue weighted by atomic mass is 35.5. The molecule has 1 aromatic rings. The number of aromatic nitrogens is 3. The molecule has 2 heterocycles. The summed E-state index contributed by atoms with van der Waals surface area (Å²) in [5, 5.41) is 4.77. The van der Waals surface area contributed by atoms with Crippen LogP contribution in [0.3, 0.4) is 0 Å². The largest absolute Gasteiger partial charge is 0.342 e. The molecule has 2 aliphatic rings. The SMILES string of the molecule is CC1CO[C@@](Cn2cncn2)(C2=CC[CH]C=C2Cl)O1. The third-order valence-corrected chi connectivity index (χ3v) is 3.50. The Kier molecular flexibility index (Phi) is 3.43. The van der Waals surface area contributed by atoms with E-state index in [2.05, 4.69) is 10.1 Å². The van der Waals surface area contributed by atoms with Crippen molar-refractivity contribution in [3.63, 3.8) is 0 Å². The first-order valence-corrected chi connectivity index (χ1v) is 6.61. The molecular formula is C13H15ClN3O2. The fourth-order valence-electron chi connectivity index (χ4n) is 2.36. The molecule has 0 bridgehead atoms. The summed E-state index contributed by atoms with van der Waals surface area (Å²) < 4.78 is 13.6. The summed E-state index contributed by atoms with van der Waals surface area (Å²) in [7, 11) is 0.